The Morgan fingerprint density at radius 1 is 1.45 bits per heavy atom. The third kappa shape index (κ3) is 4.85. The van der Waals surface area contributed by atoms with Gasteiger partial charge < -0.3 is 15.4 Å². The fourth-order valence-corrected chi connectivity index (χ4v) is 2.32. The van der Waals surface area contributed by atoms with Crippen LogP contribution in [0.2, 0.25) is 0 Å². The van der Waals surface area contributed by atoms with E-state index in [0.717, 1.165) is 38.1 Å². The van der Waals surface area contributed by atoms with Crippen molar-refractivity contribution in [3.8, 4) is 5.75 Å². The van der Waals surface area contributed by atoms with Crippen molar-refractivity contribution in [1.29, 1.82) is 0 Å². The average Bonchev–Trinajstić information content (AvgIpc) is 2.49. The lowest BCUT2D eigenvalue weighted by atomic mass is 10.0. The van der Waals surface area contributed by atoms with E-state index in [1.807, 2.05) is 37.3 Å². The van der Waals surface area contributed by atoms with Crippen LogP contribution in [0.5, 0.6) is 5.75 Å². The number of amides is 1. The first-order valence-corrected chi connectivity index (χ1v) is 7.44. The molecule has 2 N–H and O–H groups in total. The number of nitrogens with one attached hydrogen (secondary N) is 2. The van der Waals surface area contributed by atoms with Crippen LogP contribution in [0.25, 0.3) is 0 Å². The summed E-state index contributed by atoms with van der Waals surface area (Å²) in [4.78, 5) is 12.1. The highest BCUT2D eigenvalue weighted by molar-refractivity contribution is 5.78. The van der Waals surface area contributed by atoms with Gasteiger partial charge in [-0.25, -0.2) is 0 Å². The summed E-state index contributed by atoms with van der Waals surface area (Å²) in [5, 5.41) is 6.41. The van der Waals surface area contributed by atoms with Crippen LogP contribution in [-0.2, 0) is 4.79 Å². The number of benzene rings is 1. The molecule has 4 heteroatoms. The van der Waals surface area contributed by atoms with Crippen molar-refractivity contribution in [3.63, 3.8) is 0 Å². The van der Waals surface area contributed by atoms with Gasteiger partial charge in [0, 0.05) is 18.5 Å². The van der Waals surface area contributed by atoms with Crippen molar-refractivity contribution in [1.82, 2.24) is 10.6 Å². The lowest BCUT2D eigenvalue weighted by Crippen LogP contribution is -2.47. The van der Waals surface area contributed by atoms with Gasteiger partial charge in [0.15, 0.2) is 0 Å². The van der Waals surface area contributed by atoms with Crippen molar-refractivity contribution >= 4 is 5.91 Å². The number of para-hydroxylation sites is 1. The number of hydrogen-bond donors (Lipinski definition) is 2. The summed E-state index contributed by atoms with van der Waals surface area (Å²) in [6, 6.07) is 10.00. The maximum atomic E-state index is 12.1. The van der Waals surface area contributed by atoms with Gasteiger partial charge in [-0.3, -0.25) is 4.79 Å². The Kier molecular flexibility index (Phi) is 5.87. The van der Waals surface area contributed by atoms with E-state index >= 15 is 0 Å². The van der Waals surface area contributed by atoms with Gasteiger partial charge in [-0.2, -0.15) is 0 Å². The molecule has 0 bridgehead atoms. The Balaban J connectivity index is 1.65. The van der Waals surface area contributed by atoms with Crippen LogP contribution in [-0.4, -0.2) is 31.6 Å². The second-order valence-corrected chi connectivity index (χ2v) is 5.40. The topological polar surface area (TPSA) is 50.4 Å². The molecule has 110 valence electrons. The van der Waals surface area contributed by atoms with Gasteiger partial charge in [0.2, 0.25) is 5.91 Å². The van der Waals surface area contributed by atoms with Gasteiger partial charge in [-0.1, -0.05) is 25.1 Å². The van der Waals surface area contributed by atoms with E-state index in [0.29, 0.717) is 6.61 Å². The van der Waals surface area contributed by atoms with Crippen LogP contribution in [0, 0.1) is 5.92 Å². The molecule has 1 saturated heterocycles. The molecule has 1 heterocycles. The van der Waals surface area contributed by atoms with E-state index in [1.165, 1.54) is 0 Å². The second-order valence-electron chi connectivity index (χ2n) is 5.40. The monoisotopic (exact) mass is 276 g/mol. The Hall–Kier alpha value is -1.55. The van der Waals surface area contributed by atoms with E-state index in [-0.39, 0.29) is 17.9 Å². The van der Waals surface area contributed by atoms with Crippen molar-refractivity contribution < 1.29 is 9.53 Å². The van der Waals surface area contributed by atoms with Crippen LogP contribution < -0.4 is 15.4 Å². The van der Waals surface area contributed by atoms with Crippen molar-refractivity contribution in [2.45, 2.75) is 32.2 Å². The standard InChI is InChI=1S/C16H24N2O2/c1-13(9-11-20-15-7-3-2-4-8-15)16(19)18-14-6-5-10-17-12-14/h2-4,7-8,13-14,17H,5-6,9-12H2,1H3,(H,18,19). The first kappa shape index (κ1) is 14.9. The predicted molar refractivity (Wildman–Crippen MR) is 79.8 cm³/mol. The number of rotatable bonds is 6. The smallest absolute Gasteiger partial charge is 0.223 e. The first-order chi connectivity index (χ1) is 9.75. The van der Waals surface area contributed by atoms with Crippen molar-refractivity contribution in [3.05, 3.63) is 30.3 Å². The minimum Gasteiger partial charge on any atom is -0.494 e. The minimum atomic E-state index is -0.0133. The Morgan fingerprint density at radius 3 is 2.95 bits per heavy atom. The largest absolute Gasteiger partial charge is 0.494 e. The first-order valence-electron chi connectivity index (χ1n) is 7.44. The SMILES string of the molecule is CC(CCOc1ccccc1)C(=O)NC1CCCNC1. The minimum absolute atomic E-state index is 0.0133. The molecule has 4 nitrogen and oxygen atoms in total. The molecule has 1 aliphatic heterocycles. The highest BCUT2D eigenvalue weighted by atomic mass is 16.5. The van der Waals surface area contributed by atoms with Crippen LogP contribution in [0.3, 0.4) is 0 Å². The molecule has 2 rings (SSSR count). The van der Waals surface area contributed by atoms with Gasteiger partial charge in [0.05, 0.1) is 6.61 Å². The molecule has 0 spiro atoms. The summed E-state index contributed by atoms with van der Waals surface area (Å²) in [6.45, 7) is 4.48. The number of ether oxygens (including phenoxy) is 1. The van der Waals surface area contributed by atoms with Gasteiger partial charge >= 0.3 is 0 Å². The lowest BCUT2D eigenvalue weighted by Gasteiger charge is -2.25. The average molecular weight is 276 g/mol. The summed E-state index contributed by atoms with van der Waals surface area (Å²) in [6.07, 6.45) is 2.95. The van der Waals surface area contributed by atoms with Gasteiger partial charge in [0.1, 0.15) is 5.75 Å². The van der Waals surface area contributed by atoms with E-state index in [2.05, 4.69) is 10.6 Å². The summed E-state index contributed by atoms with van der Waals surface area (Å²) in [5.41, 5.74) is 0. The highest BCUT2D eigenvalue weighted by Gasteiger charge is 2.19. The van der Waals surface area contributed by atoms with E-state index in [1.54, 1.807) is 0 Å². The summed E-state index contributed by atoms with van der Waals surface area (Å²) < 4.78 is 5.62. The maximum absolute atomic E-state index is 12.1. The van der Waals surface area contributed by atoms with Crippen molar-refractivity contribution in [2.75, 3.05) is 19.7 Å². The molecule has 0 radical (unpaired) electrons. The van der Waals surface area contributed by atoms with Gasteiger partial charge in [0.25, 0.3) is 0 Å². The molecular formula is C16H24N2O2. The van der Waals surface area contributed by atoms with Crippen molar-refractivity contribution in [2.24, 2.45) is 5.92 Å². The van der Waals surface area contributed by atoms with E-state index < -0.39 is 0 Å². The molecule has 2 unspecified atom stereocenters. The fourth-order valence-electron chi connectivity index (χ4n) is 2.32. The van der Waals surface area contributed by atoms with Gasteiger partial charge in [-0.15, -0.1) is 0 Å². The lowest BCUT2D eigenvalue weighted by molar-refractivity contribution is -0.125. The summed E-state index contributed by atoms with van der Waals surface area (Å²) in [7, 11) is 0. The molecule has 0 aromatic heterocycles. The maximum Gasteiger partial charge on any atom is 0.223 e. The molecule has 1 aromatic carbocycles. The molecule has 0 saturated carbocycles. The fraction of sp³-hybridized carbons (Fsp3) is 0.562. The Bertz CT molecular complexity index is 402. The zero-order valence-corrected chi connectivity index (χ0v) is 12.1. The number of carbonyl (C=O) groups excluding carboxylic acids is 1. The number of carbonyl (C=O) groups is 1. The predicted octanol–water partition coefficient (Wildman–Crippen LogP) is 1.96. The van der Waals surface area contributed by atoms with Crippen LogP contribution in [0.15, 0.2) is 30.3 Å². The normalized spacial score (nSPS) is 20.1. The Labute approximate surface area is 120 Å². The quantitative estimate of drug-likeness (QED) is 0.835. The number of piperidine rings is 1. The van der Waals surface area contributed by atoms with Crippen LogP contribution in [0.4, 0.5) is 0 Å². The molecule has 1 aliphatic rings. The second kappa shape index (κ2) is 7.90. The molecule has 1 fully saturated rings. The molecule has 1 amide bonds. The highest BCUT2D eigenvalue weighted by Crippen LogP contribution is 2.11. The Morgan fingerprint density at radius 2 is 2.25 bits per heavy atom. The zero-order chi connectivity index (χ0) is 14.2. The molecule has 0 aliphatic carbocycles. The third-order valence-corrected chi connectivity index (χ3v) is 3.65. The molecule has 20 heavy (non-hydrogen) atoms. The van der Waals surface area contributed by atoms with Gasteiger partial charge in [-0.05, 0) is 37.9 Å². The molecule has 2 atom stereocenters. The third-order valence-electron chi connectivity index (χ3n) is 3.65. The zero-order valence-electron chi connectivity index (χ0n) is 12.1. The molecule has 1 aromatic rings. The van der Waals surface area contributed by atoms with Crippen LogP contribution >= 0.6 is 0 Å². The van der Waals surface area contributed by atoms with E-state index in [4.69, 9.17) is 4.74 Å². The summed E-state index contributed by atoms with van der Waals surface area (Å²) in [5.74, 6) is 0.979. The molecular weight excluding hydrogens is 252 g/mol. The van der Waals surface area contributed by atoms with Crippen LogP contribution in [0.1, 0.15) is 26.2 Å². The number of hydrogen-bond acceptors (Lipinski definition) is 3. The van der Waals surface area contributed by atoms with E-state index in [9.17, 15) is 4.79 Å². The summed E-state index contributed by atoms with van der Waals surface area (Å²) >= 11 is 0.